The van der Waals surface area contributed by atoms with Crippen molar-refractivity contribution in [3.05, 3.63) is 60.2 Å². The Bertz CT molecular complexity index is 1390. The Balaban J connectivity index is 1.37. The van der Waals surface area contributed by atoms with Gasteiger partial charge in [0.1, 0.15) is 11.5 Å². The summed E-state index contributed by atoms with van der Waals surface area (Å²) >= 11 is 0. The van der Waals surface area contributed by atoms with Gasteiger partial charge in [-0.25, -0.2) is 9.80 Å². The minimum atomic E-state index is -0.855. The molecule has 2 unspecified atom stereocenters. The van der Waals surface area contributed by atoms with E-state index in [0.29, 0.717) is 42.5 Å². The fourth-order valence-corrected chi connectivity index (χ4v) is 8.49. The standard InChI is InChI=1S/C32H32N2O6/c1-3-39-22-14-7-5-12-20(22)33-28(35)24-19-17-18-11-9-10-16-32(18,26(24)30(33)37)27-25(19)29(36)34(31(27)38)21-13-6-8-15-23(21)40-4-2/h5-8,12-15,17,19,24-27H,3-4,9-11,16H2,1-2H3/t19?,24-,25+,26-,27-,32?/m0/s1. The second kappa shape index (κ2) is 9.04. The van der Waals surface area contributed by atoms with Crippen LogP contribution in [0.3, 0.4) is 0 Å². The van der Waals surface area contributed by atoms with E-state index in [4.69, 9.17) is 9.47 Å². The molecular weight excluding hydrogens is 508 g/mol. The normalized spacial score (nSPS) is 32.1. The Morgan fingerprint density at radius 3 is 1.73 bits per heavy atom. The number of benzene rings is 2. The highest BCUT2D eigenvalue weighted by Gasteiger charge is 2.76. The van der Waals surface area contributed by atoms with Crippen molar-refractivity contribution in [3.8, 4) is 11.5 Å². The number of carbonyl (C=O) groups excluding carboxylic acids is 4. The van der Waals surface area contributed by atoms with Gasteiger partial charge in [0.05, 0.1) is 48.3 Å². The average Bonchev–Trinajstić information content (AvgIpc) is 3.40. The molecule has 0 radical (unpaired) electrons. The van der Waals surface area contributed by atoms with Gasteiger partial charge in [0.25, 0.3) is 0 Å². The van der Waals surface area contributed by atoms with Crippen molar-refractivity contribution in [2.24, 2.45) is 35.0 Å². The van der Waals surface area contributed by atoms with Gasteiger partial charge in [-0.3, -0.25) is 19.2 Å². The summed E-state index contributed by atoms with van der Waals surface area (Å²) in [5.74, 6) is -3.51. The molecule has 2 aromatic carbocycles. The summed E-state index contributed by atoms with van der Waals surface area (Å²) in [6, 6.07) is 14.2. The largest absolute Gasteiger partial charge is 0.492 e. The molecule has 4 fully saturated rings. The van der Waals surface area contributed by atoms with Crippen molar-refractivity contribution < 1.29 is 28.7 Å². The molecule has 8 heteroatoms. The van der Waals surface area contributed by atoms with Crippen LogP contribution in [0.25, 0.3) is 0 Å². The van der Waals surface area contributed by atoms with Crippen LogP contribution < -0.4 is 19.3 Å². The lowest BCUT2D eigenvalue weighted by molar-refractivity contribution is -0.151. The van der Waals surface area contributed by atoms with Crippen molar-refractivity contribution in [1.29, 1.82) is 0 Å². The number of imide groups is 2. The predicted molar refractivity (Wildman–Crippen MR) is 147 cm³/mol. The zero-order valence-corrected chi connectivity index (χ0v) is 22.7. The Kier molecular flexibility index (Phi) is 5.67. The topological polar surface area (TPSA) is 93.2 Å². The van der Waals surface area contributed by atoms with Crippen LogP contribution >= 0.6 is 0 Å². The maximum atomic E-state index is 14.4. The summed E-state index contributed by atoms with van der Waals surface area (Å²) in [7, 11) is 0. The van der Waals surface area contributed by atoms with Crippen molar-refractivity contribution >= 4 is 35.0 Å². The van der Waals surface area contributed by atoms with Gasteiger partial charge < -0.3 is 9.47 Å². The molecule has 0 aromatic heterocycles. The molecule has 2 saturated heterocycles. The van der Waals surface area contributed by atoms with E-state index in [2.05, 4.69) is 6.08 Å². The van der Waals surface area contributed by atoms with Crippen LogP contribution in [0, 0.1) is 35.0 Å². The van der Waals surface area contributed by atoms with Crippen molar-refractivity contribution in [2.75, 3.05) is 23.0 Å². The number of hydrogen-bond acceptors (Lipinski definition) is 6. The van der Waals surface area contributed by atoms with Gasteiger partial charge in [-0.15, -0.1) is 0 Å². The molecule has 4 amide bonds. The zero-order valence-electron chi connectivity index (χ0n) is 22.7. The Labute approximate surface area is 232 Å². The van der Waals surface area contributed by atoms with Crippen LogP contribution in [0.5, 0.6) is 11.5 Å². The van der Waals surface area contributed by atoms with E-state index in [1.807, 2.05) is 26.0 Å². The maximum absolute atomic E-state index is 14.4. The monoisotopic (exact) mass is 540 g/mol. The highest BCUT2D eigenvalue weighted by atomic mass is 16.5. The van der Waals surface area contributed by atoms with Crippen LogP contribution in [0.4, 0.5) is 11.4 Å². The first kappa shape index (κ1) is 25.1. The number of rotatable bonds is 6. The molecule has 2 saturated carbocycles. The number of hydrogen-bond donors (Lipinski definition) is 0. The quantitative estimate of drug-likeness (QED) is 0.395. The van der Waals surface area contributed by atoms with Gasteiger partial charge in [0.15, 0.2) is 0 Å². The van der Waals surface area contributed by atoms with Crippen LogP contribution in [0.15, 0.2) is 60.2 Å². The fourth-order valence-electron chi connectivity index (χ4n) is 8.49. The summed E-state index contributed by atoms with van der Waals surface area (Å²) in [6.07, 6.45) is 5.27. The lowest BCUT2D eigenvalue weighted by Gasteiger charge is -2.58. The Morgan fingerprint density at radius 2 is 1.23 bits per heavy atom. The number of nitrogens with zero attached hydrogens (tertiary/aromatic N) is 2. The minimum absolute atomic E-state index is 0.286. The van der Waals surface area contributed by atoms with Crippen molar-refractivity contribution in [2.45, 2.75) is 39.5 Å². The van der Waals surface area contributed by atoms with Gasteiger partial charge in [-0.2, -0.15) is 0 Å². The second-order valence-corrected chi connectivity index (χ2v) is 11.3. The first-order chi connectivity index (χ1) is 19.5. The van der Waals surface area contributed by atoms with E-state index in [-0.39, 0.29) is 23.6 Å². The van der Waals surface area contributed by atoms with Gasteiger partial charge >= 0.3 is 0 Å². The molecule has 8 rings (SSSR count). The number of allylic oxidation sites excluding steroid dienone is 2. The summed E-state index contributed by atoms with van der Waals surface area (Å²) < 4.78 is 11.6. The maximum Gasteiger partial charge on any atom is 0.238 e. The van der Waals surface area contributed by atoms with Gasteiger partial charge in [-0.1, -0.05) is 42.3 Å². The van der Waals surface area contributed by atoms with Crippen LogP contribution in [-0.2, 0) is 19.2 Å². The second-order valence-electron chi connectivity index (χ2n) is 11.3. The number of ether oxygens (including phenoxy) is 2. The molecule has 1 spiro atoms. The SMILES string of the molecule is CCOc1ccccc1N1C(=O)[C@@H]2C3C=C4CCCCC4([C@@H]2C1=O)[C@@H]1C(=O)N(c2ccccc2OCC)C(=O)[C@@H]31. The number of carbonyl (C=O) groups is 4. The van der Waals surface area contributed by atoms with Crippen molar-refractivity contribution in [3.63, 3.8) is 0 Å². The molecule has 2 aromatic rings. The number of anilines is 2. The van der Waals surface area contributed by atoms with Crippen molar-refractivity contribution in [1.82, 2.24) is 0 Å². The minimum Gasteiger partial charge on any atom is -0.492 e. The van der Waals surface area contributed by atoms with E-state index in [1.54, 1.807) is 36.4 Å². The first-order valence-corrected chi connectivity index (χ1v) is 14.4. The first-order valence-electron chi connectivity index (χ1n) is 14.4. The third kappa shape index (κ3) is 3.07. The van der Waals surface area contributed by atoms with Gasteiger partial charge in [0.2, 0.25) is 23.6 Å². The molecule has 8 nitrogen and oxygen atoms in total. The van der Waals surface area contributed by atoms with E-state index in [9.17, 15) is 19.2 Å². The molecule has 6 aliphatic rings. The lowest BCUT2D eigenvalue weighted by Crippen LogP contribution is -2.60. The van der Waals surface area contributed by atoms with E-state index >= 15 is 0 Å². The highest BCUT2D eigenvalue weighted by molar-refractivity contribution is 6.27. The molecule has 2 bridgehead atoms. The third-order valence-electron chi connectivity index (χ3n) is 9.73. The van der Waals surface area contributed by atoms with Crippen LogP contribution in [0.1, 0.15) is 39.5 Å². The average molecular weight is 541 g/mol. The van der Waals surface area contributed by atoms with Crippen LogP contribution in [-0.4, -0.2) is 36.8 Å². The molecule has 6 atom stereocenters. The van der Waals surface area contributed by atoms with E-state index in [1.165, 1.54) is 9.80 Å². The number of para-hydroxylation sites is 4. The van der Waals surface area contributed by atoms with Gasteiger partial charge in [-0.05, 0) is 57.4 Å². The molecule has 206 valence electrons. The Morgan fingerprint density at radius 1 is 0.725 bits per heavy atom. The summed E-state index contributed by atoms with van der Waals surface area (Å²) in [5.41, 5.74) is 1.08. The van der Waals surface area contributed by atoms with E-state index in [0.717, 1.165) is 24.8 Å². The highest BCUT2D eigenvalue weighted by Crippen LogP contribution is 2.70. The predicted octanol–water partition coefficient (Wildman–Crippen LogP) is 4.53. The fraction of sp³-hybridized carbons (Fsp3) is 0.438. The van der Waals surface area contributed by atoms with Crippen LogP contribution in [0.2, 0.25) is 0 Å². The molecule has 2 aliphatic heterocycles. The molecule has 0 N–H and O–H groups in total. The molecule has 4 aliphatic carbocycles. The lowest BCUT2D eigenvalue weighted by atomic mass is 9.41. The third-order valence-corrected chi connectivity index (χ3v) is 9.73. The summed E-state index contributed by atoms with van der Waals surface area (Å²) in [4.78, 5) is 59.8. The zero-order chi connectivity index (χ0) is 27.8. The van der Waals surface area contributed by atoms with Gasteiger partial charge in [0, 0.05) is 11.3 Å². The molecule has 2 heterocycles. The summed E-state index contributed by atoms with van der Waals surface area (Å²) in [5, 5.41) is 0. The number of amides is 4. The smallest absolute Gasteiger partial charge is 0.238 e. The summed E-state index contributed by atoms with van der Waals surface area (Å²) in [6.45, 7) is 4.50. The molecular formula is C32H32N2O6. The van der Waals surface area contributed by atoms with E-state index < -0.39 is 35.0 Å². The molecule has 40 heavy (non-hydrogen) atoms. The Hall–Kier alpha value is -3.94.